The molecule has 0 saturated heterocycles. The van der Waals surface area contributed by atoms with E-state index in [4.69, 9.17) is 0 Å². The highest BCUT2D eigenvalue weighted by molar-refractivity contribution is 5.87. The second-order valence-corrected chi connectivity index (χ2v) is 6.66. The molecule has 2 aromatic rings. The molecular weight excluding hydrogens is 262 g/mol. The van der Waals surface area contributed by atoms with Gasteiger partial charge in [0, 0.05) is 18.5 Å². The lowest BCUT2D eigenvalue weighted by Crippen LogP contribution is -2.30. The van der Waals surface area contributed by atoms with Crippen LogP contribution in [0.25, 0.3) is 10.9 Å². The Balaban J connectivity index is 1.47. The summed E-state index contributed by atoms with van der Waals surface area (Å²) in [7, 11) is 1.93. The standard InChI is InChI=1S/C17H21N3O/c1-20-14-7-3-2-6-12(14)13(19-20)10-16(21)18-15-11-17(15)8-4-5-9-17/h2-3,6-7,15H,4-5,8-11H2,1H3,(H,18,21). The van der Waals surface area contributed by atoms with Gasteiger partial charge in [0.25, 0.3) is 0 Å². The molecule has 2 saturated carbocycles. The first-order valence-corrected chi connectivity index (χ1v) is 7.88. The summed E-state index contributed by atoms with van der Waals surface area (Å²) in [6.07, 6.45) is 6.82. The third-order valence-corrected chi connectivity index (χ3v) is 5.29. The lowest BCUT2D eigenvalue weighted by molar-refractivity contribution is -0.120. The van der Waals surface area contributed by atoms with Crippen molar-refractivity contribution in [2.45, 2.75) is 44.6 Å². The summed E-state index contributed by atoms with van der Waals surface area (Å²) in [4.78, 5) is 12.3. The fraction of sp³-hybridized carbons (Fsp3) is 0.529. The Morgan fingerprint density at radius 2 is 2.14 bits per heavy atom. The number of carbonyl (C=O) groups is 1. The van der Waals surface area contributed by atoms with Crippen molar-refractivity contribution in [3.63, 3.8) is 0 Å². The maximum absolute atomic E-state index is 12.3. The SMILES string of the molecule is Cn1nc(CC(=O)NC2CC23CCCC3)c2ccccc21. The Bertz CT molecular complexity index is 697. The molecule has 0 bridgehead atoms. The number of aryl methyl sites for hydroxylation is 1. The summed E-state index contributed by atoms with van der Waals surface area (Å²) < 4.78 is 1.85. The number of aromatic nitrogens is 2. The zero-order valence-corrected chi connectivity index (χ0v) is 12.4. The molecule has 2 aliphatic carbocycles. The van der Waals surface area contributed by atoms with E-state index in [0.29, 0.717) is 17.9 Å². The van der Waals surface area contributed by atoms with E-state index in [1.165, 1.54) is 32.1 Å². The van der Waals surface area contributed by atoms with E-state index < -0.39 is 0 Å². The van der Waals surface area contributed by atoms with Crippen molar-refractivity contribution in [3.8, 4) is 0 Å². The van der Waals surface area contributed by atoms with Crippen molar-refractivity contribution < 1.29 is 4.79 Å². The number of nitrogens with one attached hydrogen (secondary N) is 1. The second kappa shape index (κ2) is 4.58. The number of nitrogens with zero attached hydrogens (tertiary/aromatic N) is 2. The predicted molar refractivity (Wildman–Crippen MR) is 81.9 cm³/mol. The van der Waals surface area contributed by atoms with Gasteiger partial charge < -0.3 is 5.32 Å². The van der Waals surface area contributed by atoms with E-state index >= 15 is 0 Å². The average molecular weight is 283 g/mol. The molecule has 110 valence electrons. The first-order chi connectivity index (χ1) is 10.2. The number of carbonyl (C=O) groups excluding carboxylic acids is 1. The van der Waals surface area contributed by atoms with Crippen molar-refractivity contribution in [1.82, 2.24) is 15.1 Å². The number of benzene rings is 1. The number of hydrogen-bond acceptors (Lipinski definition) is 2. The Hall–Kier alpha value is -1.84. The molecule has 4 nitrogen and oxygen atoms in total. The molecule has 1 aromatic carbocycles. The van der Waals surface area contributed by atoms with Gasteiger partial charge in [-0.2, -0.15) is 5.10 Å². The van der Waals surface area contributed by atoms with Gasteiger partial charge >= 0.3 is 0 Å². The van der Waals surface area contributed by atoms with Crippen molar-refractivity contribution in [2.24, 2.45) is 12.5 Å². The largest absolute Gasteiger partial charge is 0.352 e. The highest BCUT2D eigenvalue weighted by Crippen LogP contribution is 2.57. The minimum Gasteiger partial charge on any atom is -0.352 e. The summed E-state index contributed by atoms with van der Waals surface area (Å²) >= 11 is 0. The van der Waals surface area contributed by atoms with Crippen molar-refractivity contribution in [3.05, 3.63) is 30.0 Å². The summed E-state index contributed by atoms with van der Waals surface area (Å²) in [5, 5.41) is 8.81. The Morgan fingerprint density at radius 3 is 2.95 bits per heavy atom. The molecule has 2 aliphatic rings. The fourth-order valence-electron chi connectivity index (χ4n) is 4.00. The first kappa shape index (κ1) is 12.9. The maximum atomic E-state index is 12.3. The van der Waals surface area contributed by atoms with Crippen LogP contribution in [0.1, 0.15) is 37.8 Å². The molecule has 1 unspecified atom stereocenters. The zero-order chi connectivity index (χ0) is 14.4. The number of hydrogen-bond donors (Lipinski definition) is 1. The lowest BCUT2D eigenvalue weighted by atomic mass is 10.1. The first-order valence-electron chi connectivity index (χ1n) is 7.88. The van der Waals surface area contributed by atoms with E-state index in [1.807, 2.05) is 36.0 Å². The van der Waals surface area contributed by atoms with Crippen LogP contribution < -0.4 is 5.32 Å². The van der Waals surface area contributed by atoms with E-state index in [0.717, 1.165) is 16.6 Å². The van der Waals surface area contributed by atoms with Gasteiger partial charge in [-0.1, -0.05) is 31.0 Å². The predicted octanol–water partition coefficient (Wildman–Crippen LogP) is 2.56. The number of para-hydroxylation sites is 1. The molecule has 0 radical (unpaired) electrons. The van der Waals surface area contributed by atoms with Gasteiger partial charge in [-0.15, -0.1) is 0 Å². The van der Waals surface area contributed by atoms with Crippen LogP contribution in [0.15, 0.2) is 24.3 Å². The van der Waals surface area contributed by atoms with Crippen LogP contribution in [0, 0.1) is 5.41 Å². The van der Waals surface area contributed by atoms with Crippen molar-refractivity contribution in [1.29, 1.82) is 0 Å². The molecular formula is C17H21N3O. The topological polar surface area (TPSA) is 46.9 Å². The molecule has 1 N–H and O–H groups in total. The van der Waals surface area contributed by atoms with Gasteiger partial charge in [0.15, 0.2) is 0 Å². The third kappa shape index (κ3) is 2.13. The monoisotopic (exact) mass is 283 g/mol. The van der Waals surface area contributed by atoms with Crippen LogP contribution in [0.4, 0.5) is 0 Å². The van der Waals surface area contributed by atoms with Crippen molar-refractivity contribution in [2.75, 3.05) is 0 Å². The van der Waals surface area contributed by atoms with Gasteiger partial charge in [-0.25, -0.2) is 0 Å². The van der Waals surface area contributed by atoms with E-state index in [1.54, 1.807) is 0 Å². The lowest BCUT2D eigenvalue weighted by Gasteiger charge is -2.09. The normalized spacial score (nSPS) is 22.8. The second-order valence-electron chi connectivity index (χ2n) is 6.66. The minimum atomic E-state index is 0.118. The van der Waals surface area contributed by atoms with Crippen LogP contribution >= 0.6 is 0 Å². The maximum Gasteiger partial charge on any atom is 0.226 e. The molecule has 1 aromatic heterocycles. The fourth-order valence-corrected chi connectivity index (χ4v) is 4.00. The minimum absolute atomic E-state index is 0.118. The van der Waals surface area contributed by atoms with E-state index in [9.17, 15) is 4.79 Å². The zero-order valence-electron chi connectivity index (χ0n) is 12.4. The molecule has 4 heteroatoms. The van der Waals surface area contributed by atoms with Crippen LogP contribution in [0.2, 0.25) is 0 Å². The Labute approximate surface area is 124 Å². The molecule has 0 aliphatic heterocycles. The summed E-state index contributed by atoms with van der Waals surface area (Å²) in [5.41, 5.74) is 2.42. The molecule has 1 amide bonds. The summed E-state index contributed by atoms with van der Waals surface area (Å²) in [6, 6.07) is 8.50. The number of amides is 1. The number of rotatable bonds is 3. The van der Waals surface area contributed by atoms with Gasteiger partial charge in [0.05, 0.1) is 17.6 Å². The highest BCUT2D eigenvalue weighted by atomic mass is 16.1. The number of fused-ring (bicyclic) bond motifs is 1. The van der Waals surface area contributed by atoms with Gasteiger partial charge in [0.1, 0.15) is 0 Å². The van der Waals surface area contributed by atoms with E-state index in [-0.39, 0.29) is 5.91 Å². The third-order valence-electron chi connectivity index (χ3n) is 5.29. The molecule has 21 heavy (non-hydrogen) atoms. The average Bonchev–Trinajstić information content (AvgIpc) is 2.82. The molecule has 1 heterocycles. The van der Waals surface area contributed by atoms with Crippen LogP contribution in [-0.4, -0.2) is 21.7 Å². The molecule has 4 rings (SSSR count). The molecule has 2 fully saturated rings. The Kier molecular flexibility index (Phi) is 2.81. The van der Waals surface area contributed by atoms with Gasteiger partial charge in [0.2, 0.25) is 5.91 Å². The smallest absolute Gasteiger partial charge is 0.226 e. The van der Waals surface area contributed by atoms with Crippen LogP contribution in [-0.2, 0) is 18.3 Å². The quantitative estimate of drug-likeness (QED) is 0.941. The summed E-state index contributed by atoms with van der Waals surface area (Å²) in [5.74, 6) is 0.118. The van der Waals surface area contributed by atoms with Gasteiger partial charge in [-0.05, 0) is 30.7 Å². The van der Waals surface area contributed by atoms with E-state index in [2.05, 4.69) is 10.4 Å². The van der Waals surface area contributed by atoms with Crippen LogP contribution in [0.3, 0.4) is 0 Å². The van der Waals surface area contributed by atoms with Crippen molar-refractivity contribution >= 4 is 16.8 Å². The summed E-state index contributed by atoms with van der Waals surface area (Å²) in [6.45, 7) is 0. The molecule has 1 atom stereocenters. The Morgan fingerprint density at radius 1 is 1.38 bits per heavy atom. The van der Waals surface area contributed by atoms with Gasteiger partial charge in [-0.3, -0.25) is 9.48 Å². The van der Waals surface area contributed by atoms with Crippen LogP contribution in [0.5, 0.6) is 0 Å². The molecule has 1 spiro atoms. The highest BCUT2D eigenvalue weighted by Gasteiger charge is 2.55.